The zero-order valence-electron chi connectivity index (χ0n) is 6.87. The third-order valence-corrected chi connectivity index (χ3v) is 2.46. The topological polar surface area (TPSA) is 50.7 Å². The van der Waals surface area contributed by atoms with Crippen molar-refractivity contribution in [3.63, 3.8) is 0 Å². The largest absolute Gasteiger partial charge is 0.328 e. The number of hydrogen-bond acceptors (Lipinski definition) is 3. The Morgan fingerprint density at radius 3 is 3.08 bits per heavy atom. The zero-order chi connectivity index (χ0) is 8.72. The van der Waals surface area contributed by atoms with E-state index in [9.17, 15) is 4.79 Å². The molecule has 2 aromatic heterocycles. The van der Waals surface area contributed by atoms with Gasteiger partial charge >= 0.3 is 5.69 Å². The fraction of sp³-hybridized carbons (Fsp3) is 0.429. The van der Waals surface area contributed by atoms with Crippen molar-refractivity contribution >= 4 is 21.8 Å². The molecule has 0 amide bonds. The Balaban J connectivity index is 2.85. The molecule has 0 aliphatic carbocycles. The Labute approximate surface area is 72.9 Å². The van der Waals surface area contributed by atoms with Gasteiger partial charge in [0, 0.05) is 6.04 Å². The monoisotopic (exact) mass is 183 g/mol. The second-order valence-corrected chi connectivity index (χ2v) is 3.75. The maximum atomic E-state index is 11.3. The smallest absolute Gasteiger partial charge is 0.296 e. The first-order valence-corrected chi connectivity index (χ1v) is 4.62. The maximum absolute atomic E-state index is 11.3. The quantitative estimate of drug-likeness (QED) is 0.725. The van der Waals surface area contributed by atoms with Gasteiger partial charge < -0.3 is 0 Å². The molecule has 12 heavy (non-hydrogen) atoms. The van der Waals surface area contributed by atoms with Crippen molar-refractivity contribution in [1.29, 1.82) is 0 Å². The summed E-state index contributed by atoms with van der Waals surface area (Å²) in [7, 11) is 0. The fourth-order valence-electron chi connectivity index (χ4n) is 1.23. The maximum Gasteiger partial charge on any atom is 0.328 e. The van der Waals surface area contributed by atoms with Crippen molar-refractivity contribution in [2.75, 3.05) is 0 Å². The van der Waals surface area contributed by atoms with Crippen molar-refractivity contribution in [3.05, 3.63) is 16.0 Å². The molecule has 0 aliphatic rings. The molecule has 1 N–H and O–H groups in total. The van der Waals surface area contributed by atoms with E-state index in [0.29, 0.717) is 0 Å². The molecule has 2 rings (SSSR count). The summed E-state index contributed by atoms with van der Waals surface area (Å²) in [6.07, 6.45) is 0. The van der Waals surface area contributed by atoms with Gasteiger partial charge in [-0.05, 0) is 13.8 Å². The summed E-state index contributed by atoms with van der Waals surface area (Å²) in [6, 6.07) is 0.161. The first kappa shape index (κ1) is 7.54. The van der Waals surface area contributed by atoms with Gasteiger partial charge in [-0.3, -0.25) is 9.55 Å². The first-order chi connectivity index (χ1) is 5.70. The van der Waals surface area contributed by atoms with Crippen molar-refractivity contribution < 1.29 is 0 Å². The summed E-state index contributed by atoms with van der Waals surface area (Å²) < 4.78 is 1.66. The van der Waals surface area contributed by atoms with Crippen LogP contribution in [0, 0.1) is 0 Å². The van der Waals surface area contributed by atoms with Crippen molar-refractivity contribution in [3.8, 4) is 0 Å². The van der Waals surface area contributed by atoms with Crippen LogP contribution in [0.3, 0.4) is 0 Å². The van der Waals surface area contributed by atoms with Crippen LogP contribution in [0.15, 0.2) is 10.3 Å². The molecule has 0 aliphatic heterocycles. The number of rotatable bonds is 1. The molecule has 0 unspecified atom stereocenters. The van der Waals surface area contributed by atoms with Gasteiger partial charge in [0.25, 0.3) is 0 Å². The van der Waals surface area contributed by atoms with Crippen molar-refractivity contribution in [2.24, 2.45) is 0 Å². The number of imidazole rings is 1. The Morgan fingerprint density at radius 2 is 2.42 bits per heavy atom. The number of aromatic nitrogens is 3. The van der Waals surface area contributed by atoms with E-state index < -0.39 is 0 Å². The normalized spacial score (nSPS) is 11.6. The van der Waals surface area contributed by atoms with Gasteiger partial charge in [0.15, 0.2) is 5.65 Å². The molecule has 0 aromatic carbocycles. The molecule has 5 heteroatoms. The fourth-order valence-corrected chi connectivity index (χ4v) is 1.89. The van der Waals surface area contributed by atoms with Crippen LogP contribution in [0.1, 0.15) is 19.9 Å². The van der Waals surface area contributed by atoms with E-state index in [1.165, 1.54) is 11.3 Å². The average molecular weight is 183 g/mol. The van der Waals surface area contributed by atoms with Crippen LogP contribution in [-0.2, 0) is 0 Å². The predicted octanol–water partition coefficient (Wildman–Crippen LogP) is 1.37. The summed E-state index contributed by atoms with van der Waals surface area (Å²) in [4.78, 5) is 19.0. The van der Waals surface area contributed by atoms with Crippen LogP contribution < -0.4 is 5.69 Å². The molecular formula is C7H9N3OS. The zero-order valence-corrected chi connectivity index (χ0v) is 7.68. The lowest BCUT2D eigenvalue weighted by atomic mass is 10.4. The van der Waals surface area contributed by atoms with Gasteiger partial charge in [-0.25, -0.2) is 9.78 Å². The number of thiazole rings is 1. The van der Waals surface area contributed by atoms with Gasteiger partial charge in [-0.2, -0.15) is 0 Å². The number of aromatic amines is 1. The molecule has 0 saturated heterocycles. The highest BCUT2D eigenvalue weighted by atomic mass is 32.1. The number of hydrogen-bond donors (Lipinski definition) is 1. The van der Waals surface area contributed by atoms with Crippen molar-refractivity contribution in [1.82, 2.24) is 14.5 Å². The molecular weight excluding hydrogens is 174 g/mol. The summed E-state index contributed by atoms with van der Waals surface area (Å²) in [5.74, 6) is 0. The van der Waals surface area contributed by atoms with Crippen LogP contribution in [-0.4, -0.2) is 14.5 Å². The van der Waals surface area contributed by atoms with E-state index in [2.05, 4.69) is 9.97 Å². The molecule has 0 saturated carbocycles. The van der Waals surface area contributed by atoms with Gasteiger partial charge in [0.1, 0.15) is 4.83 Å². The van der Waals surface area contributed by atoms with E-state index >= 15 is 0 Å². The SMILES string of the molecule is CC(C)n1c(=O)[nH]c2scnc21. The lowest BCUT2D eigenvalue weighted by molar-refractivity contribution is 0.593. The van der Waals surface area contributed by atoms with Gasteiger partial charge in [0.2, 0.25) is 0 Å². The van der Waals surface area contributed by atoms with Crippen LogP contribution >= 0.6 is 11.3 Å². The predicted molar refractivity (Wildman–Crippen MR) is 48.6 cm³/mol. The van der Waals surface area contributed by atoms with Crippen LogP contribution in [0.25, 0.3) is 10.5 Å². The third kappa shape index (κ3) is 0.896. The number of nitrogens with one attached hydrogen (secondary N) is 1. The second-order valence-electron chi connectivity index (χ2n) is 2.90. The molecule has 0 radical (unpaired) electrons. The Hall–Kier alpha value is -1.10. The van der Waals surface area contributed by atoms with E-state index in [1.807, 2.05) is 13.8 Å². The second kappa shape index (κ2) is 2.45. The summed E-state index contributed by atoms with van der Waals surface area (Å²) in [5.41, 5.74) is 2.43. The van der Waals surface area contributed by atoms with E-state index in [0.717, 1.165) is 10.5 Å². The molecule has 0 fully saturated rings. The average Bonchev–Trinajstić information content (AvgIpc) is 2.44. The molecule has 4 nitrogen and oxygen atoms in total. The number of fused-ring (bicyclic) bond motifs is 1. The highest BCUT2D eigenvalue weighted by Gasteiger charge is 2.10. The molecule has 2 aromatic rings. The molecule has 0 bridgehead atoms. The Kier molecular flexibility index (Phi) is 1.54. The van der Waals surface area contributed by atoms with Gasteiger partial charge in [-0.1, -0.05) is 0 Å². The van der Waals surface area contributed by atoms with Crippen molar-refractivity contribution in [2.45, 2.75) is 19.9 Å². The summed E-state index contributed by atoms with van der Waals surface area (Å²) >= 11 is 1.45. The lowest BCUT2D eigenvalue weighted by Crippen LogP contribution is -2.18. The Bertz CT molecular complexity index is 450. The Morgan fingerprint density at radius 1 is 1.67 bits per heavy atom. The standard InChI is InChI=1S/C7H9N3OS/c1-4(2)10-5-6(9-7(10)11)12-3-8-5/h3-4H,1-2H3,(H,9,11). The van der Waals surface area contributed by atoms with Crippen LogP contribution in [0.5, 0.6) is 0 Å². The highest BCUT2D eigenvalue weighted by Crippen LogP contribution is 2.15. The van der Waals surface area contributed by atoms with Crippen LogP contribution in [0.2, 0.25) is 0 Å². The summed E-state index contributed by atoms with van der Waals surface area (Å²) in [5, 5.41) is 0. The van der Waals surface area contributed by atoms with E-state index in [-0.39, 0.29) is 11.7 Å². The molecule has 2 heterocycles. The number of H-pyrrole nitrogens is 1. The minimum Gasteiger partial charge on any atom is -0.296 e. The molecule has 0 atom stereocenters. The van der Waals surface area contributed by atoms with Gasteiger partial charge in [0.05, 0.1) is 5.51 Å². The summed E-state index contributed by atoms with van der Waals surface area (Å²) in [6.45, 7) is 3.93. The molecule has 64 valence electrons. The molecule has 0 spiro atoms. The first-order valence-electron chi connectivity index (χ1n) is 3.74. The minimum absolute atomic E-state index is 0.0700. The van der Waals surface area contributed by atoms with E-state index in [4.69, 9.17) is 0 Å². The number of nitrogens with zero attached hydrogens (tertiary/aromatic N) is 2. The highest BCUT2D eigenvalue weighted by molar-refractivity contribution is 7.16. The lowest BCUT2D eigenvalue weighted by Gasteiger charge is -2.03. The van der Waals surface area contributed by atoms with Crippen LogP contribution in [0.4, 0.5) is 0 Å². The third-order valence-electron chi connectivity index (χ3n) is 1.73. The minimum atomic E-state index is -0.0700. The van der Waals surface area contributed by atoms with E-state index in [1.54, 1.807) is 10.1 Å². The van der Waals surface area contributed by atoms with Gasteiger partial charge in [-0.15, -0.1) is 11.3 Å².